The van der Waals surface area contributed by atoms with Gasteiger partial charge in [-0.3, -0.25) is 0 Å². The van der Waals surface area contributed by atoms with E-state index in [1.54, 1.807) is 13.0 Å². The van der Waals surface area contributed by atoms with Crippen molar-refractivity contribution in [1.82, 2.24) is 9.97 Å². The van der Waals surface area contributed by atoms with Crippen molar-refractivity contribution < 1.29 is 8.42 Å². The van der Waals surface area contributed by atoms with E-state index in [0.29, 0.717) is 9.21 Å². The summed E-state index contributed by atoms with van der Waals surface area (Å²) < 4.78 is 23.6. The summed E-state index contributed by atoms with van der Waals surface area (Å²) in [6.07, 6.45) is 1.16. The lowest BCUT2D eigenvalue weighted by Crippen LogP contribution is -2.11. The molecular formula is C7H8Br2N2O2S. The van der Waals surface area contributed by atoms with Gasteiger partial charge in [0.15, 0.2) is 9.84 Å². The Hall–Kier alpha value is -0.0100. The third-order valence-electron chi connectivity index (χ3n) is 1.69. The first-order valence-corrected chi connectivity index (χ1v) is 7.23. The molecule has 1 unspecified atom stereocenters. The molecule has 0 saturated carbocycles. The largest absolute Gasteiger partial charge is 0.228 e. The molecule has 0 aliphatic carbocycles. The predicted molar refractivity (Wildman–Crippen MR) is 60.7 cm³/mol. The summed E-state index contributed by atoms with van der Waals surface area (Å²) in [5.74, 6) is 0.286. The van der Waals surface area contributed by atoms with Gasteiger partial charge < -0.3 is 0 Å². The van der Waals surface area contributed by atoms with Gasteiger partial charge in [0, 0.05) is 12.3 Å². The van der Waals surface area contributed by atoms with Crippen LogP contribution in [0.5, 0.6) is 0 Å². The van der Waals surface area contributed by atoms with Gasteiger partial charge in [0.2, 0.25) is 0 Å². The van der Waals surface area contributed by atoms with Crippen LogP contribution in [0.15, 0.2) is 15.3 Å². The van der Waals surface area contributed by atoms with E-state index in [1.165, 1.54) is 0 Å². The van der Waals surface area contributed by atoms with Gasteiger partial charge in [-0.25, -0.2) is 18.4 Å². The summed E-state index contributed by atoms with van der Waals surface area (Å²) in [6, 6.07) is 1.65. The Morgan fingerprint density at radius 2 is 1.71 bits per heavy atom. The smallest absolute Gasteiger partial charge is 0.157 e. The highest BCUT2D eigenvalue weighted by atomic mass is 79.9. The molecule has 1 atom stereocenters. The second kappa shape index (κ2) is 4.24. The number of sulfone groups is 1. The standard InChI is InChI=1S/C7H8Br2N2O2S/c1-4(14(2,12)13)7-10-5(8)3-6(9)11-7/h3-4H,1-2H3. The monoisotopic (exact) mass is 342 g/mol. The number of hydrogen-bond donors (Lipinski definition) is 0. The van der Waals surface area contributed by atoms with E-state index in [-0.39, 0.29) is 5.82 Å². The summed E-state index contributed by atoms with van der Waals surface area (Å²) >= 11 is 6.34. The number of nitrogens with zero attached hydrogens (tertiary/aromatic N) is 2. The van der Waals surface area contributed by atoms with Gasteiger partial charge in [0.1, 0.15) is 20.3 Å². The third kappa shape index (κ3) is 2.99. The van der Waals surface area contributed by atoms with Crippen molar-refractivity contribution in [3.05, 3.63) is 21.1 Å². The van der Waals surface area contributed by atoms with E-state index in [0.717, 1.165) is 6.26 Å². The minimum atomic E-state index is -3.16. The summed E-state index contributed by atoms with van der Waals surface area (Å²) in [6.45, 7) is 1.56. The molecule has 4 nitrogen and oxygen atoms in total. The van der Waals surface area contributed by atoms with Crippen LogP contribution in [0.1, 0.15) is 18.0 Å². The van der Waals surface area contributed by atoms with Crippen molar-refractivity contribution >= 4 is 41.7 Å². The zero-order valence-electron chi connectivity index (χ0n) is 7.53. The van der Waals surface area contributed by atoms with Crippen LogP contribution in [0.3, 0.4) is 0 Å². The van der Waals surface area contributed by atoms with E-state index in [2.05, 4.69) is 41.8 Å². The first kappa shape index (κ1) is 12.1. The number of halogens is 2. The Labute approximate surface area is 99.3 Å². The fraction of sp³-hybridized carbons (Fsp3) is 0.429. The lowest BCUT2D eigenvalue weighted by atomic mass is 10.4. The number of aromatic nitrogens is 2. The molecule has 1 aromatic heterocycles. The Balaban J connectivity index is 3.20. The normalized spacial score (nSPS) is 14.0. The minimum Gasteiger partial charge on any atom is -0.228 e. The first-order valence-electron chi connectivity index (χ1n) is 3.69. The maximum Gasteiger partial charge on any atom is 0.157 e. The number of hydrogen-bond acceptors (Lipinski definition) is 4. The molecule has 0 bridgehead atoms. The predicted octanol–water partition coefficient (Wildman–Crippen LogP) is 2.11. The highest BCUT2D eigenvalue weighted by Crippen LogP contribution is 2.21. The van der Waals surface area contributed by atoms with E-state index in [1.807, 2.05) is 0 Å². The first-order chi connectivity index (χ1) is 6.30. The molecule has 0 radical (unpaired) electrons. The zero-order valence-corrected chi connectivity index (χ0v) is 11.5. The Kier molecular flexibility index (Phi) is 3.65. The van der Waals surface area contributed by atoms with Gasteiger partial charge in [-0.1, -0.05) is 0 Å². The molecule has 0 fully saturated rings. The molecule has 7 heteroatoms. The molecule has 0 amide bonds. The van der Waals surface area contributed by atoms with Crippen molar-refractivity contribution in [2.45, 2.75) is 12.2 Å². The van der Waals surface area contributed by atoms with Crippen molar-refractivity contribution in [2.75, 3.05) is 6.26 Å². The zero-order chi connectivity index (χ0) is 10.9. The van der Waals surface area contributed by atoms with Crippen LogP contribution in [0.25, 0.3) is 0 Å². The van der Waals surface area contributed by atoms with Crippen molar-refractivity contribution in [1.29, 1.82) is 0 Å². The maximum absolute atomic E-state index is 11.2. The lowest BCUT2D eigenvalue weighted by Gasteiger charge is -2.07. The van der Waals surface area contributed by atoms with E-state index in [9.17, 15) is 8.42 Å². The molecule has 0 aromatic carbocycles. The SMILES string of the molecule is CC(c1nc(Br)cc(Br)n1)S(C)(=O)=O. The molecule has 0 N–H and O–H groups in total. The molecule has 14 heavy (non-hydrogen) atoms. The summed E-state index contributed by atoms with van der Waals surface area (Å²) in [5.41, 5.74) is 0. The second-order valence-electron chi connectivity index (χ2n) is 2.84. The van der Waals surface area contributed by atoms with E-state index in [4.69, 9.17) is 0 Å². The lowest BCUT2D eigenvalue weighted by molar-refractivity contribution is 0.589. The summed E-state index contributed by atoms with van der Waals surface area (Å²) in [7, 11) is -3.16. The molecular weight excluding hydrogens is 336 g/mol. The van der Waals surface area contributed by atoms with Crippen LogP contribution in [0, 0.1) is 0 Å². The van der Waals surface area contributed by atoms with Crippen LogP contribution in [-0.2, 0) is 9.84 Å². The quantitative estimate of drug-likeness (QED) is 0.771. The van der Waals surface area contributed by atoms with Crippen LogP contribution in [0.2, 0.25) is 0 Å². The van der Waals surface area contributed by atoms with Gasteiger partial charge in [0.25, 0.3) is 0 Å². The third-order valence-corrected chi connectivity index (χ3v) is 3.99. The molecule has 1 heterocycles. The van der Waals surface area contributed by atoms with Gasteiger partial charge in [0.05, 0.1) is 0 Å². The summed E-state index contributed by atoms with van der Waals surface area (Å²) in [4.78, 5) is 7.99. The average molecular weight is 344 g/mol. The van der Waals surface area contributed by atoms with Crippen LogP contribution in [0.4, 0.5) is 0 Å². The molecule has 1 aromatic rings. The Morgan fingerprint density at radius 3 is 2.07 bits per heavy atom. The fourth-order valence-corrected chi connectivity index (χ4v) is 2.37. The molecule has 0 spiro atoms. The number of rotatable bonds is 2. The maximum atomic E-state index is 11.2. The fourth-order valence-electron chi connectivity index (χ4n) is 0.780. The van der Waals surface area contributed by atoms with Crippen LogP contribution in [-0.4, -0.2) is 24.6 Å². The molecule has 1 rings (SSSR count). The van der Waals surface area contributed by atoms with Gasteiger partial charge in [-0.05, 0) is 38.8 Å². The highest BCUT2D eigenvalue weighted by Gasteiger charge is 2.20. The van der Waals surface area contributed by atoms with E-state index < -0.39 is 15.1 Å². The Morgan fingerprint density at radius 1 is 1.29 bits per heavy atom. The Bertz CT molecular complexity index is 427. The molecule has 0 aliphatic rings. The van der Waals surface area contributed by atoms with Gasteiger partial charge >= 0.3 is 0 Å². The van der Waals surface area contributed by atoms with Crippen molar-refractivity contribution in [3.8, 4) is 0 Å². The van der Waals surface area contributed by atoms with Gasteiger partial charge in [-0.2, -0.15) is 0 Å². The topological polar surface area (TPSA) is 59.9 Å². The van der Waals surface area contributed by atoms with E-state index >= 15 is 0 Å². The molecule has 78 valence electrons. The second-order valence-corrected chi connectivity index (χ2v) is 6.83. The highest BCUT2D eigenvalue weighted by molar-refractivity contribution is 9.11. The minimum absolute atomic E-state index is 0.286. The molecule has 0 saturated heterocycles. The van der Waals surface area contributed by atoms with Crippen molar-refractivity contribution in [2.24, 2.45) is 0 Å². The summed E-state index contributed by atoms with van der Waals surface area (Å²) in [5, 5.41) is -0.698. The van der Waals surface area contributed by atoms with Crippen LogP contribution >= 0.6 is 31.9 Å². The van der Waals surface area contributed by atoms with Gasteiger partial charge in [-0.15, -0.1) is 0 Å². The van der Waals surface area contributed by atoms with Crippen LogP contribution < -0.4 is 0 Å². The van der Waals surface area contributed by atoms with Crippen molar-refractivity contribution in [3.63, 3.8) is 0 Å². The average Bonchev–Trinajstić information content (AvgIpc) is 1.99. The molecule has 0 aliphatic heterocycles.